The summed E-state index contributed by atoms with van der Waals surface area (Å²) in [7, 11) is 1.54. The molecule has 0 aromatic carbocycles. The van der Waals surface area contributed by atoms with Crippen molar-refractivity contribution in [2.75, 3.05) is 7.05 Å². The number of nitrogens with zero attached hydrogens (tertiary/aromatic N) is 3. The fourth-order valence-corrected chi connectivity index (χ4v) is 1.98. The third-order valence-electron chi connectivity index (χ3n) is 2.05. The van der Waals surface area contributed by atoms with Gasteiger partial charge in [-0.25, -0.2) is 0 Å². The first-order valence-corrected chi connectivity index (χ1v) is 5.63. The topological polar surface area (TPSA) is 91.8 Å². The van der Waals surface area contributed by atoms with E-state index in [1.807, 2.05) is 6.07 Å². The van der Waals surface area contributed by atoms with E-state index in [1.54, 1.807) is 11.4 Å². The maximum Gasteiger partial charge on any atom is 0.269 e. The zero-order chi connectivity index (χ0) is 12.3. The molecule has 86 valence electrons. The SMILES string of the molecule is CNC(=O)Cc1noc(-c2sccc2C#N)n1. The number of hydrogen-bond donors (Lipinski definition) is 1. The molecule has 0 aliphatic carbocycles. The van der Waals surface area contributed by atoms with Gasteiger partial charge in [0.25, 0.3) is 5.89 Å². The Labute approximate surface area is 101 Å². The largest absolute Gasteiger partial charge is 0.359 e. The van der Waals surface area contributed by atoms with Crippen LogP contribution in [0.4, 0.5) is 0 Å². The van der Waals surface area contributed by atoms with Crippen molar-refractivity contribution in [1.29, 1.82) is 5.26 Å². The molecule has 2 aromatic rings. The molecular formula is C10H8N4O2S. The van der Waals surface area contributed by atoms with E-state index in [1.165, 1.54) is 18.4 Å². The van der Waals surface area contributed by atoms with E-state index in [9.17, 15) is 4.79 Å². The van der Waals surface area contributed by atoms with Crippen LogP contribution in [0, 0.1) is 11.3 Å². The van der Waals surface area contributed by atoms with Gasteiger partial charge in [-0.15, -0.1) is 11.3 Å². The number of carbonyl (C=O) groups is 1. The lowest BCUT2D eigenvalue weighted by Gasteiger charge is -1.91. The average molecular weight is 248 g/mol. The quantitative estimate of drug-likeness (QED) is 0.873. The second-order valence-electron chi connectivity index (χ2n) is 3.14. The molecule has 7 heteroatoms. The van der Waals surface area contributed by atoms with Gasteiger partial charge in [0.1, 0.15) is 10.9 Å². The number of carbonyl (C=O) groups excluding carboxylic acids is 1. The summed E-state index contributed by atoms with van der Waals surface area (Å²) in [6, 6.07) is 3.72. The highest BCUT2D eigenvalue weighted by Crippen LogP contribution is 2.27. The fourth-order valence-electron chi connectivity index (χ4n) is 1.21. The first kappa shape index (κ1) is 11.3. The minimum atomic E-state index is -0.191. The van der Waals surface area contributed by atoms with Crippen molar-refractivity contribution in [2.24, 2.45) is 0 Å². The van der Waals surface area contributed by atoms with Gasteiger partial charge in [-0.1, -0.05) is 5.16 Å². The molecule has 0 aliphatic rings. The number of amides is 1. The first-order valence-electron chi connectivity index (χ1n) is 4.75. The lowest BCUT2D eigenvalue weighted by Crippen LogP contribution is -2.20. The van der Waals surface area contributed by atoms with Crippen LogP contribution in [0.3, 0.4) is 0 Å². The van der Waals surface area contributed by atoms with Crippen molar-refractivity contribution in [3.8, 4) is 16.8 Å². The Bertz CT molecular complexity index is 581. The van der Waals surface area contributed by atoms with Crippen LogP contribution in [-0.2, 0) is 11.2 Å². The summed E-state index contributed by atoms with van der Waals surface area (Å²) in [4.78, 5) is 15.8. The van der Waals surface area contributed by atoms with Crippen molar-refractivity contribution in [3.05, 3.63) is 22.8 Å². The summed E-state index contributed by atoms with van der Waals surface area (Å²) in [5.74, 6) is 0.385. The van der Waals surface area contributed by atoms with Crippen LogP contribution in [0.5, 0.6) is 0 Å². The van der Waals surface area contributed by atoms with E-state index < -0.39 is 0 Å². The summed E-state index contributed by atoms with van der Waals surface area (Å²) >= 11 is 1.35. The first-order chi connectivity index (χ1) is 8.24. The summed E-state index contributed by atoms with van der Waals surface area (Å²) in [5, 5.41) is 16.8. The summed E-state index contributed by atoms with van der Waals surface area (Å²) < 4.78 is 5.02. The molecule has 0 unspecified atom stereocenters. The molecular weight excluding hydrogens is 240 g/mol. The van der Waals surface area contributed by atoms with Gasteiger partial charge < -0.3 is 9.84 Å². The predicted molar refractivity (Wildman–Crippen MR) is 60.1 cm³/mol. The highest BCUT2D eigenvalue weighted by molar-refractivity contribution is 7.13. The fraction of sp³-hybridized carbons (Fsp3) is 0.200. The monoisotopic (exact) mass is 248 g/mol. The smallest absolute Gasteiger partial charge is 0.269 e. The number of rotatable bonds is 3. The zero-order valence-corrected chi connectivity index (χ0v) is 9.74. The van der Waals surface area contributed by atoms with Crippen molar-refractivity contribution >= 4 is 17.2 Å². The number of nitrogens with one attached hydrogen (secondary N) is 1. The molecule has 0 radical (unpaired) electrons. The van der Waals surface area contributed by atoms with Crippen LogP contribution < -0.4 is 5.32 Å². The van der Waals surface area contributed by atoms with Crippen molar-refractivity contribution in [1.82, 2.24) is 15.5 Å². The van der Waals surface area contributed by atoms with Crippen LogP contribution in [0.2, 0.25) is 0 Å². The third kappa shape index (κ3) is 2.32. The molecule has 2 rings (SSSR count). The number of hydrogen-bond acceptors (Lipinski definition) is 6. The zero-order valence-electron chi connectivity index (χ0n) is 8.93. The Morgan fingerprint density at radius 3 is 3.24 bits per heavy atom. The molecule has 1 amide bonds. The number of nitriles is 1. The molecule has 0 fully saturated rings. The Hall–Kier alpha value is -2.20. The lowest BCUT2D eigenvalue weighted by molar-refractivity contribution is -0.120. The van der Waals surface area contributed by atoms with E-state index in [0.29, 0.717) is 16.3 Å². The molecule has 2 aromatic heterocycles. The van der Waals surface area contributed by atoms with Gasteiger partial charge in [0.05, 0.1) is 12.0 Å². The predicted octanol–water partition coefficient (Wildman–Crippen LogP) is 0.958. The van der Waals surface area contributed by atoms with E-state index in [-0.39, 0.29) is 18.2 Å². The van der Waals surface area contributed by atoms with E-state index in [0.717, 1.165) is 0 Å². The second kappa shape index (κ2) is 4.76. The molecule has 2 heterocycles. The minimum absolute atomic E-state index is 0.0628. The van der Waals surface area contributed by atoms with Crippen LogP contribution in [0.25, 0.3) is 10.8 Å². The maximum atomic E-state index is 11.1. The van der Waals surface area contributed by atoms with Gasteiger partial charge >= 0.3 is 0 Å². The lowest BCUT2D eigenvalue weighted by atomic mass is 10.3. The van der Waals surface area contributed by atoms with Crippen molar-refractivity contribution in [2.45, 2.75) is 6.42 Å². The van der Waals surface area contributed by atoms with Gasteiger partial charge in [-0.05, 0) is 11.4 Å². The van der Waals surface area contributed by atoms with Gasteiger partial charge in [0, 0.05) is 7.05 Å². The summed E-state index contributed by atoms with van der Waals surface area (Å²) in [6.45, 7) is 0. The van der Waals surface area contributed by atoms with Gasteiger partial charge in [-0.2, -0.15) is 10.2 Å². The van der Waals surface area contributed by atoms with E-state index in [4.69, 9.17) is 9.78 Å². The molecule has 17 heavy (non-hydrogen) atoms. The molecule has 0 spiro atoms. The molecule has 1 N–H and O–H groups in total. The standard InChI is InChI=1S/C10H8N4O2S/c1-12-8(15)4-7-13-10(16-14-7)9-6(5-11)2-3-17-9/h2-3H,4H2,1H3,(H,12,15). The van der Waals surface area contributed by atoms with Crippen molar-refractivity contribution < 1.29 is 9.32 Å². The average Bonchev–Trinajstić information content (AvgIpc) is 2.95. The van der Waals surface area contributed by atoms with E-state index >= 15 is 0 Å². The number of aromatic nitrogens is 2. The normalized spacial score (nSPS) is 9.88. The summed E-state index contributed by atoms with van der Waals surface area (Å²) in [5.41, 5.74) is 0.491. The molecule has 0 atom stereocenters. The Balaban J connectivity index is 2.25. The summed E-state index contributed by atoms with van der Waals surface area (Å²) in [6.07, 6.45) is 0.0628. The van der Waals surface area contributed by atoms with Crippen LogP contribution in [0.1, 0.15) is 11.4 Å². The Morgan fingerprint density at radius 2 is 2.53 bits per heavy atom. The molecule has 6 nitrogen and oxygen atoms in total. The minimum Gasteiger partial charge on any atom is -0.359 e. The van der Waals surface area contributed by atoms with E-state index in [2.05, 4.69) is 15.5 Å². The Morgan fingerprint density at radius 1 is 1.71 bits per heavy atom. The van der Waals surface area contributed by atoms with Gasteiger partial charge in [0.2, 0.25) is 5.91 Å². The number of likely N-dealkylation sites (N-methyl/N-ethyl adjacent to an activating group) is 1. The van der Waals surface area contributed by atoms with Crippen molar-refractivity contribution in [3.63, 3.8) is 0 Å². The van der Waals surface area contributed by atoms with Crippen LogP contribution in [0.15, 0.2) is 16.0 Å². The maximum absolute atomic E-state index is 11.1. The molecule has 0 bridgehead atoms. The highest BCUT2D eigenvalue weighted by atomic mass is 32.1. The number of thiophene rings is 1. The van der Waals surface area contributed by atoms with Gasteiger partial charge in [0.15, 0.2) is 5.82 Å². The Kier molecular flexibility index (Phi) is 3.16. The van der Waals surface area contributed by atoms with Crippen LogP contribution >= 0.6 is 11.3 Å². The highest BCUT2D eigenvalue weighted by Gasteiger charge is 2.15. The molecule has 0 saturated carbocycles. The molecule has 0 aliphatic heterocycles. The third-order valence-corrected chi connectivity index (χ3v) is 2.95. The molecule has 0 saturated heterocycles. The van der Waals surface area contributed by atoms with Crippen LogP contribution in [-0.4, -0.2) is 23.1 Å². The second-order valence-corrected chi connectivity index (χ2v) is 4.06. The van der Waals surface area contributed by atoms with Gasteiger partial charge in [-0.3, -0.25) is 4.79 Å².